The molecule has 0 aromatic heterocycles. The Morgan fingerprint density at radius 1 is 1.13 bits per heavy atom. The molecule has 23 heavy (non-hydrogen) atoms. The van der Waals surface area contributed by atoms with Crippen LogP contribution in [0.4, 0.5) is 4.39 Å². The quantitative estimate of drug-likeness (QED) is 0.759. The van der Waals surface area contributed by atoms with Crippen LogP contribution in [-0.2, 0) is 22.6 Å². The molecule has 1 aliphatic rings. The highest BCUT2D eigenvalue weighted by atomic mass is 79.9. The van der Waals surface area contributed by atoms with Gasteiger partial charge in [-0.2, -0.15) is 0 Å². The van der Waals surface area contributed by atoms with E-state index in [1.54, 1.807) is 30.3 Å². The lowest BCUT2D eigenvalue weighted by molar-refractivity contribution is -0.144. The molecule has 0 bridgehead atoms. The van der Waals surface area contributed by atoms with Crippen LogP contribution in [0.2, 0.25) is 0 Å². The number of fused-ring (bicyclic) bond motifs is 1. The first-order valence-electron chi connectivity index (χ1n) is 7.10. The highest BCUT2D eigenvalue weighted by Gasteiger charge is 2.16. The molecule has 120 valence electrons. The Morgan fingerprint density at radius 3 is 2.57 bits per heavy atom. The number of carbonyl (C=O) groups is 1. The molecule has 0 N–H and O–H groups in total. The minimum Gasteiger partial charge on any atom is -0.486 e. The molecule has 0 unspecified atom stereocenters. The van der Waals surface area contributed by atoms with Crippen molar-refractivity contribution in [3.8, 4) is 11.5 Å². The highest BCUT2D eigenvalue weighted by molar-refractivity contribution is 9.10. The van der Waals surface area contributed by atoms with Crippen LogP contribution in [0.3, 0.4) is 0 Å². The summed E-state index contributed by atoms with van der Waals surface area (Å²) in [5.41, 5.74) is 1.08. The molecule has 2 aromatic rings. The lowest BCUT2D eigenvalue weighted by Crippen LogP contribution is -2.16. The van der Waals surface area contributed by atoms with Crippen molar-refractivity contribution in [1.29, 1.82) is 0 Å². The fraction of sp³-hybridized carbons (Fsp3) is 0.235. The molecule has 3 rings (SSSR count). The molecule has 0 radical (unpaired) electrons. The van der Waals surface area contributed by atoms with Crippen LogP contribution in [0.15, 0.2) is 40.9 Å². The minimum absolute atomic E-state index is 0.0739. The topological polar surface area (TPSA) is 44.8 Å². The molecule has 0 saturated carbocycles. The first-order valence-corrected chi connectivity index (χ1v) is 7.90. The van der Waals surface area contributed by atoms with Crippen molar-refractivity contribution in [1.82, 2.24) is 0 Å². The van der Waals surface area contributed by atoms with Crippen molar-refractivity contribution in [3.63, 3.8) is 0 Å². The van der Waals surface area contributed by atoms with E-state index in [0.717, 1.165) is 10.0 Å². The maximum Gasteiger partial charge on any atom is 0.310 e. The number of hydrogen-bond acceptors (Lipinski definition) is 4. The van der Waals surface area contributed by atoms with Gasteiger partial charge in [-0.05, 0) is 23.8 Å². The predicted molar refractivity (Wildman–Crippen MR) is 85.0 cm³/mol. The van der Waals surface area contributed by atoms with Gasteiger partial charge < -0.3 is 14.2 Å². The number of esters is 1. The number of benzene rings is 2. The van der Waals surface area contributed by atoms with E-state index in [9.17, 15) is 9.18 Å². The summed E-state index contributed by atoms with van der Waals surface area (Å²) in [6, 6.07) is 9.71. The van der Waals surface area contributed by atoms with Crippen molar-refractivity contribution >= 4 is 21.9 Å². The zero-order valence-electron chi connectivity index (χ0n) is 12.2. The molecule has 6 heteroatoms. The van der Waals surface area contributed by atoms with E-state index in [1.807, 2.05) is 0 Å². The summed E-state index contributed by atoms with van der Waals surface area (Å²) in [5.74, 6) is 0.381. The standard InChI is InChI=1S/C17H14BrFO4/c18-13-9-16-15(21-5-6-22-16)7-12(13)10-23-17(20)8-11-3-1-2-4-14(11)19/h1-4,7,9H,5-6,8,10H2. The van der Waals surface area contributed by atoms with Crippen molar-refractivity contribution in [3.05, 3.63) is 57.8 Å². The Balaban J connectivity index is 1.64. The van der Waals surface area contributed by atoms with Crippen molar-refractivity contribution in [2.24, 2.45) is 0 Å². The maximum absolute atomic E-state index is 13.5. The largest absolute Gasteiger partial charge is 0.486 e. The molecule has 2 aromatic carbocycles. The lowest BCUT2D eigenvalue weighted by Gasteiger charge is -2.19. The summed E-state index contributed by atoms with van der Waals surface area (Å²) in [4.78, 5) is 11.9. The van der Waals surface area contributed by atoms with E-state index in [4.69, 9.17) is 14.2 Å². The smallest absolute Gasteiger partial charge is 0.310 e. The summed E-state index contributed by atoms with van der Waals surface area (Å²) in [6.45, 7) is 1.07. The minimum atomic E-state index is -0.489. The Hall–Kier alpha value is -2.08. The van der Waals surface area contributed by atoms with Crippen LogP contribution in [0.1, 0.15) is 11.1 Å². The SMILES string of the molecule is O=C(Cc1ccccc1F)OCc1cc2c(cc1Br)OCCO2. The number of hydrogen-bond donors (Lipinski definition) is 0. The van der Waals surface area contributed by atoms with Gasteiger partial charge in [-0.25, -0.2) is 4.39 Å². The van der Waals surface area contributed by atoms with Gasteiger partial charge in [0, 0.05) is 10.0 Å². The second-order valence-corrected chi connectivity index (χ2v) is 5.87. The number of ether oxygens (including phenoxy) is 3. The zero-order chi connectivity index (χ0) is 16.2. The molecule has 1 heterocycles. The van der Waals surface area contributed by atoms with E-state index < -0.39 is 11.8 Å². The molecule has 4 nitrogen and oxygen atoms in total. The first-order chi connectivity index (χ1) is 11.1. The fourth-order valence-electron chi connectivity index (χ4n) is 2.22. The van der Waals surface area contributed by atoms with Gasteiger partial charge in [-0.15, -0.1) is 0 Å². The van der Waals surface area contributed by atoms with E-state index in [0.29, 0.717) is 30.3 Å². The van der Waals surface area contributed by atoms with Gasteiger partial charge in [0.1, 0.15) is 25.6 Å². The van der Waals surface area contributed by atoms with E-state index in [-0.39, 0.29) is 13.0 Å². The van der Waals surface area contributed by atoms with Crippen LogP contribution < -0.4 is 9.47 Å². The third kappa shape index (κ3) is 3.82. The number of rotatable bonds is 4. The van der Waals surface area contributed by atoms with Gasteiger partial charge in [0.15, 0.2) is 11.5 Å². The maximum atomic E-state index is 13.5. The summed E-state index contributed by atoms with van der Waals surface area (Å²) < 4.78 is 30.5. The third-order valence-corrected chi connectivity index (χ3v) is 4.13. The molecular formula is C17H14BrFO4. The summed E-state index contributed by atoms with van der Waals surface area (Å²) in [6.07, 6.45) is -0.102. The molecular weight excluding hydrogens is 367 g/mol. The van der Waals surface area contributed by atoms with Gasteiger partial charge in [0.05, 0.1) is 6.42 Å². The first kappa shape index (κ1) is 15.8. The Morgan fingerprint density at radius 2 is 1.83 bits per heavy atom. The normalized spacial score (nSPS) is 12.8. The van der Waals surface area contributed by atoms with Crippen molar-refractivity contribution in [2.75, 3.05) is 13.2 Å². The zero-order valence-corrected chi connectivity index (χ0v) is 13.8. The fourth-order valence-corrected chi connectivity index (χ4v) is 2.66. The van der Waals surface area contributed by atoms with Gasteiger partial charge in [0.25, 0.3) is 0 Å². The molecule has 0 fully saturated rings. The van der Waals surface area contributed by atoms with Crippen molar-refractivity contribution in [2.45, 2.75) is 13.0 Å². The van der Waals surface area contributed by atoms with Crippen LogP contribution in [0, 0.1) is 5.82 Å². The van der Waals surface area contributed by atoms with Gasteiger partial charge in [-0.3, -0.25) is 4.79 Å². The van der Waals surface area contributed by atoms with Gasteiger partial charge in [0.2, 0.25) is 0 Å². The summed E-state index contributed by atoms with van der Waals surface area (Å²) in [5, 5.41) is 0. The Labute approximate surface area is 141 Å². The van der Waals surface area contributed by atoms with E-state index in [2.05, 4.69) is 15.9 Å². The lowest BCUT2D eigenvalue weighted by atomic mass is 10.1. The molecule has 0 atom stereocenters. The molecule has 1 aliphatic heterocycles. The molecule has 0 saturated heterocycles. The van der Waals surface area contributed by atoms with Crippen molar-refractivity contribution < 1.29 is 23.4 Å². The van der Waals surface area contributed by atoms with Crippen LogP contribution in [0.5, 0.6) is 11.5 Å². The molecule has 0 spiro atoms. The van der Waals surface area contributed by atoms with Gasteiger partial charge in [-0.1, -0.05) is 34.1 Å². The monoisotopic (exact) mass is 380 g/mol. The van der Waals surface area contributed by atoms with Gasteiger partial charge >= 0.3 is 5.97 Å². The van der Waals surface area contributed by atoms with Crippen LogP contribution in [0.25, 0.3) is 0 Å². The highest BCUT2D eigenvalue weighted by Crippen LogP contribution is 2.35. The summed E-state index contributed by atoms with van der Waals surface area (Å²) >= 11 is 3.42. The Bertz CT molecular complexity index is 733. The van der Waals surface area contributed by atoms with Crippen LogP contribution in [-0.4, -0.2) is 19.2 Å². The summed E-state index contributed by atoms with van der Waals surface area (Å²) in [7, 11) is 0. The molecule has 0 amide bonds. The Kier molecular flexibility index (Phi) is 4.81. The average molecular weight is 381 g/mol. The van der Waals surface area contributed by atoms with Crippen LogP contribution >= 0.6 is 15.9 Å². The van der Waals surface area contributed by atoms with E-state index >= 15 is 0 Å². The number of carbonyl (C=O) groups excluding carboxylic acids is 1. The predicted octanol–water partition coefficient (Wildman–Crippen LogP) is 3.65. The van der Waals surface area contributed by atoms with E-state index in [1.165, 1.54) is 6.07 Å². The second kappa shape index (κ2) is 7.00. The molecule has 0 aliphatic carbocycles. The number of halogens is 2. The average Bonchev–Trinajstić information content (AvgIpc) is 2.55. The second-order valence-electron chi connectivity index (χ2n) is 5.02. The third-order valence-electron chi connectivity index (χ3n) is 3.39.